The first-order chi connectivity index (χ1) is 12.8. The van der Waals surface area contributed by atoms with E-state index in [-0.39, 0.29) is 23.6 Å². The minimum Gasteiger partial charge on any atom is -0.550 e. The molecule has 0 saturated carbocycles. The molecule has 1 aromatic heterocycles. The largest absolute Gasteiger partial charge is 0.550 e. The van der Waals surface area contributed by atoms with Crippen LogP contribution in [0.4, 0.5) is 9.39 Å². The predicted octanol–water partition coefficient (Wildman–Crippen LogP) is 2.90. The van der Waals surface area contributed by atoms with Gasteiger partial charge in [-0.1, -0.05) is 19.1 Å². The summed E-state index contributed by atoms with van der Waals surface area (Å²) in [7, 11) is 0. The lowest BCUT2D eigenvalue weighted by atomic mass is 10.0. The lowest BCUT2D eigenvalue weighted by Gasteiger charge is -2.10. The van der Waals surface area contributed by atoms with Crippen molar-refractivity contribution in [2.24, 2.45) is 0 Å². The van der Waals surface area contributed by atoms with Crippen LogP contribution < -0.4 is 10.4 Å². The van der Waals surface area contributed by atoms with Crippen molar-refractivity contribution < 1.29 is 28.6 Å². The minimum absolute atomic E-state index is 0.180. The Morgan fingerprint density at radius 2 is 1.85 bits per heavy atom. The highest BCUT2D eigenvalue weighted by molar-refractivity contribution is 7.17. The average molecular weight is 392 g/mol. The van der Waals surface area contributed by atoms with Crippen LogP contribution in [0.2, 0.25) is 0 Å². The van der Waals surface area contributed by atoms with E-state index in [2.05, 4.69) is 5.32 Å². The number of benzene rings is 1. The number of hydrogen-bond donors (Lipinski definition) is 1. The minimum atomic E-state index is -1.33. The van der Waals surface area contributed by atoms with Gasteiger partial charge in [0.2, 0.25) is 5.91 Å². The number of carbonyl (C=O) groups is 3. The number of anilines is 1. The third kappa shape index (κ3) is 5.37. The second-order valence-electron chi connectivity index (χ2n) is 5.80. The van der Waals surface area contributed by atoms with Crippen LogP contribution in [0.5, 0.6) is 0 Å². The SMILES string of the molecule is CCCOC(=O)c1c(NC(=O)CCC(=O)[O-])sc(C)c1-c1ccc(F)cc1. The monoisotopic (exact) mass is 392 g/mol. The van der Waals surface area contributed by atoms with Gasteiger partial charge in [-0.25, -0.2) is 9.18 Å². The molecule has 0 saturated heterocycles. The molecule has 1 heterocycles. The third-order valence-electron chi connectivity index (χ3n) is 3.67. The summed E-state index contributed by atoms with van der Waals surface area (Å²) < 4.78 is 18.5. The van der Waals surface area contributed by atoms with Gasteiger partial charge in [-0.2, -0.15) is 0 Å². The van der Waals surface area contributed by atoms with E-state index < -0.39 is 30.1 Å². The molecule has 1 aromatic carbocycles. The summed E-state index contributed by atoms with van der Waals surface area (Å²) in [4.78, 5) is 35.9. The maximum absolute atomic E-state index is 13.3. The summed E-state index contributed by atoms with van der Waals surface area (Å²) >= 11 is 1.17. The summed E-state index contributed by atoms with van der Waals surface area (Å²) in [6.07, 6.45) is -0.0563. The molecule has 8 heteroatoms. The Bertz CT molecular complexity index is 845. The Morgan fingerprint density at radius 3 is 2.44 bits per heavy atom. The number of ether oxygens (including phenoxy) is 1. The van der Waals surface area contributed by atoms with Crippen molar-refractivity contribution in [1.82, 2.24) is 0 Å². The van der Waals surface area contributed by atoms with Crippen molar-refractivity contribution in [2.75, 3.05) is 11.9 Å². The van der Waals surface area contributed by atoms with Crippen LogP contribution in [0.15, 0.2) is 24.3 Å². The van der Waals surface area contributed by atoms with Gasteiger partial charge in [0.1, 0.15) is 16.4 Å². The molecule has 0 spiro atoms. The molecule has 2 rings (SSSR count). The smallest absolute Gasteiger partial charge is 0.341 e. The zero-order valence-electron chi connectivity index (χ0n) is 15.0. The Balaban J connectivity index is 2.42. The topological polar surface area (TPSA) is 95.5 Å². The standard InChI is InChI=1S/C19H20FNO5S/c1-3-10-26-19(25)17-16(12-4-6-13(20)7-5-12)11(2)27-18(17)21-14(22)8-9-15(23)24/h4-7H,3,8-10H2,1-2H3,(H,21,22)(H,23,24)/p-1. The molecule has 144 valence electrons. The van der Waals surface area contributed by atoms with E-state index in [1.165, 1.54) is 23.5 Å². The number of halogens is 1. The molecule has 0 fully saturated rings. The number of carboxylic acid groups (broad SMARTS) is 1. The van der Waals surface area contributed by atoms with E-state index in [0.717, 1.165) is 4.88 Å². The Morgan fingerprint density at radius 1 is 1.19 bits per heavy atom. The summed E-state index contributed by atoms with van der Waals surface area (Å²) in [6.45, 7) is 3.85. The van der Waals surface area contributed by atoms with Gasteiger partial charge in [-0.15, -0.1) is 11.3 Å². The first-order valence-electron chi connectivity index (χ1n) is 8.39. The maximum atomic E-state index is 13.3. The summed E-state index contributed by atoms with van der Waals surface area (Å²) in [6, 6.07) is 5.66. The first-order valence-corrected chi connectivity index (χ1v) is 9.21. The van der Waals surface area contributed by atoms with E-state index >= 15 is 0 Å². The molecule has 2 aromatic rings. The highest BCUT2D eigenvalue weighted by atomic mass is 32.1. The van der Waals surface area contributed by atoms with Gasteiger partial charge in [-0.05, 0) is 37.5 Å². The van der Waals surface area contributed by atoms with Gasteiger partial charge in [-0.3, -0.25) is 4.79 Å². The summed E-state index contributed by atoms with van der Waals surface area (Å²) in [5.41, 5.74) is 1.35. The number of esters is 1. The van der Waals surface area contributed by atoms with Crippen LogP contribution in [0.25, 0.3) is 11.1 Å². The second kappa shape index (κ2) is 9.27. The molecule has 0 aliphatic carbocycles. The molecule has 0 unspecified atom stereocenters. The molecule has 1 amide bonds. The Kier molecular flexibility index (Phi) is 7.06. The fraction of sp³-hybridized carbons (Fsp3) is 0.316. The molecular weight excluding hydrogens is 373 g/mol. The van der Waals surface area contributed by atoms with Crippen LogP contribution in [0, 0.1) is 12.7 Å². The lowest BCUT2D eigenvalue weighted by Crippen LogP contribution is -2.24. The van der Waals surface area contributed by atoms with Crippen molar-refractivity contribution in [2.45, 2.75) is 33.1 Å². The highest BCUT2D eigenvalue weighted by Gasteiger charge is 2.25. The van der Waals surface area contributed by atoms with E-state index in [1.807, 2.05) is 6.92 Å². The number of aliphatic carboxylic acids is 1. The van der Waals surface area contributed by atoms with Gasteiger partial charge in [0.05, 0.1) is 6.61 Å². The van der Waals surface area contributed by atoms with Gasteiger partial charge >= 0.3 is 5.97 Å². The highest BCUT2D eigenvalue weighted by Crippen LogP contribution is 2.40. The molecule has 0 atom stereocenters. The van der Waals surface area contributed by atoms with Crippen molar-refractivity contribution in [1.29, 1.82) is 0 Å². The lowest BCUT2D eigenvalue weighted by molar-refractivity contribution is -0.305. The quantitative estimate of drug-likeness (QED) is 0.697. The zero-order valence-corrected chi connectivity index (χ0v) is 15.8. The van der Waals surface area contributed by atoms with Gasteiger partial charge in [0.25, 0.3) is 0 Å². The number of carbonyl (C=O) groups excluding carboxylic acids is 3. The maximum Gasteiger partial charge on any atom is 0.341 e. The normalized spacial score (nSPS) is 10.5. The summed E-state index contributed by atoms with van der Waals surface area (Å²) in [5, 5.41) is 13.4. The van der Waals surface area contributed by atoms with Crippen LogP contribution in [0.3, 0.4) is 0 Å². The fourth-order valence-electron chi connectivity index (χ4n) is 2.46. The van der Waals surface area contributed by atoms with Crippen LogP contribution in [-0.4, -0.2) is 24.5 Å². The zero-order chi connectivity index (χ0) is 20.0. The molecule has 27 heavy (non-hydrogen) atoms. The number of aryl methyl sites for hydroxylation is 1. The number of amides is 1. The molecular formula is C19H19FNO5S-. The molecule has 0 aliphatic rings. The van der Waals surface area contributed by atoms with E-state index in [4.69, 9.17) is 4.74 Å². The third-order valence-corrected chi connectivity index (χ3v) is 4.69. The number of nitrogens with one attached hydrogen (secondary N) is 1. The van der Waals surface area contributed by atoms with Crippen molar-refractivity contribution in [3.05, 3.63) is 40.5 Å². The second-order valence-corrected chi connectivity index (χ2v) is 7.03. The Hall–Kier alpha value is -2.74. The van der Waals surface area contributed by atoms with E-state index in [1.54, 1.807) is 19.1 Å². The average Bonchev–Trinajstić information content (AvgIpc) is 2.94. The van der Waals surface area contributed by atoms with Gasteiger partial charge in [0.15, 0.2) is 0 Å². The molecule has 6 nitrogen and oxygen atoms in total. The van der Waals surface area contributed by atoms with Crippen molar-refractivity contribution in [3.8, 4) is 11.1 Å². The van der Waals surface area contributed by atoms with Gasteiger partial charge < -0.3 is 20.0 Å². The molecule has 0 bridgehead atoms. The Labute approximate surface area is 160 Å². The van der Waals surface area contributed by atoms with Crippen LogP contribution in [0.1, 0.15) is 41.4 Å². The van der Waals surface area contributed by atoms with Crippen LogP contribution >= 0.6 is 11.3 Å². The summed E-state index contributed by atoms with van der Waals surface area (Å²) in [5.74, 6) is -2.88. The number of thiophene rings is 1. The molecule has 0 aliphatic heterocycles. The van der Waals surface area contributed by atoms with Crippen molar-refractivity contribution >= 4 is 34.2 Å². The molecule has 0 radical (unpaired) electrons. The number of carboxylic acids is 1. The number of hydrogen-bond acceptors (Lipinski definition) is 6. The first kappa shape index (κ1) is 20.6. The fourth-order valence-corrected chi connectivity index (χ4v) is 3.54. The number of rotatable bonds is 8. The van der Waals surface area contributed by atoms with Gasteiger partial charge in [0, 0.05) is 22.8 Å². The van der Waals surface area contributed by atoms with Crippen LogP contribution in [-0.2, 0) is 14.3 Å². The predicted molar refractivity (Wildman–Crippen MR) is 97.9 cm³/mol. The van der Waals surface area contributed by atoms with Crippen molar-refractivity contribution in [3.63, 3.8) is 0 Å². The van der Waals surface area contributed by atoms with E-state index in [9.17, 15) is 23.9 Å². The molecule has 1 N–H and O–H groups in total. The van der Waals surface area contributed by atoms with E-state index in [0.29, 0.717) is 17.5 Å².